The molecule has 46 heavy (non-hydrogen) atoms. The van der Waals surface area contributed by atoms with Gasteiger partial charge in [-0.1, -0.05) is 12.1 Å². The Morgan fingerprint density at radius 3 is 2.22 bits per heavy atom. The van der Waals surface area contributed by atoms with Gasteiger partial charge in [0.15, 0.2) is 5.82 Å². The summed E-state index contributed by atoms with van der Waals surface area (Å²) in [6, 6.07) is 4.03. The predicted molar refractivity (Wildman–Crippen MR) is 150 cm³/mol. The van der Waals surface area contributed by atoms with Crippen LogP contribution in [0.4, 0.5) is 35.1 Å². The summed E-state index contributed by atoms with van der Waals surface area (Å²) >= 11 is 1.30. The Balaban J connectivity index is 1.41. The summed E-state index contributed by atoms with van der Waals surface area (Å²) in [7, 11) is 0. The van der Waals surface area contributed by atoms with Gasteiger partial charge in [-0.05, 0) is 70.2 Å². The summed E-state index contributed by atoms with van der Waals surface area (Å²) in [5.74, 6) is -4.20. The molecule has 3 aromatic rings. The highest BCUT2D eigenvalue weighted by Crippen LogP contribution is 2.46. The molecule has 1 N–H and O–H groups in total. The molecule has 254 valence electrons. The fourth-order valence-corrected chi connectivity index (χ4v) is 7.38. The van der Waals surface area contributed by atoms with Crippen LogP contribution in [0.3, 0.4) is 0 Å². The van der Waals surface area contributed by atoms with E-state index in [4.69, 9.17) is 9.72 Å². The Bertz CT molecular complexity index is 1510. The Kier molecular flexibility index (Phi) is 10.3. The first-order chi connectivity index (χ1) is 21.7. The zero-order chi connectivity index (χ0) is 33.2. The fourth-order valence-electron chi connectivity index (χ4n) is 6.02. The van der Waals surface area contributed by atoms with E-state index in [1.165, 1.54) is 29.5 Å². The van der Waals surface area contributed by atoms with E-state index in [9.17, 15) is 39.9 Å². The molecule has 0 amide bonds. The van der Waals surface area contributed by atoms with Crippen molar-refractivity contribution in [1.29, 1.82) is 0 Å². The third-order valence-electron chi connectivity index (χ3n) is 8.51. The average Bonchev–Trinajstić information content (AvgIpc) is 3.61. The molecule has 1 aliphatic carbocycles. The number of piperidine rings is 1. The number of aromatic amines is 1. The highest BCUT2D eigenvalue weighted by molar-refractivity contribution is 7.11. The van der Waals surface area contributed by atoms with E-state index in [0.29, 0.717) is 34.8 Å². The van der Waals surface area contributed by atoms with Crippen LogP contribution >= 0.6 is 11.3 Å². The Labute approximate surface area is 262 Å². The smallest absolute Gasteiger partial charge is 0.439 e. The van der Waals surface area contributed by atoms with Crippen LogP contribution in [-0.2, 0) is 6.54 Å². The van der Waals surface area contributed by atoms with Crippen LogP contribution in [0.25, 0.3) is 11.4 Å². The first-order valence-corrected chi connectivity index (χ1v) is 15.7. The summed E-state index contributed by atoms with van der Waals surface area (Å²) in [4.78, 5) is 21.0. The van der Waals surface area contributed by atoms with Crippen molar-refractivity contribution < 1.29 is 49.1 Å². The van der Waals surface area contributed by atoms with E-state index >= 15 is 0 Å². The number of hydrogen-bond donors (Lipinski definition) is 1. The van der Waals surface area contributed by atoms with E-state index < -0.39 is 42.7 Å². The van der Waals surface area contributed by atoms with E-state index in [-0.39, 0.29) is 74.1 Å². The molecule has 1 saturated heterocycles. The SMILES string of the molecule is CCC(Oc1ccc(-c2noc(=O)[nH]2)c(OC(F)F)c1)c1sc(C2CCC(C(F)(F)F)CC2)nc1CN1CCC(C(F)(F)F)CC1. The third-order valence-corrected chi connectivity index (χ3v) is 9.87. The lowest BCUT2D eigenvalue weighted by atomic mass is 9.82. The number of alkyl halides is 8. The van der Waals surface area contributed by atoms with Crippen molar-refractivity contribution >= 4 is 11.3 Å². The lowest BCUT2D eigenvalue weighted by molar-refractivity contribution is -0.185. The maximum Gasteiger partial charge on any atom is 0.439 e. The predicted octanol–water partition coefficient (Wildman–Crippen LogP) is 8.23. The van der Waals surface area contributed by atoms with Gasteiger partial charge in [0, 0.05) is 18.5 Å². The van der Waals surface area contributed by atoms with E-state index in [1.54, 1.807) is 0 Å². The van der Waals surface area contributed by atoms with Gasteiger partial charge >= 0.3 is 24.7 Å². The first kappa shape index (κ1) is 34.1. The van der Waals surface area contributed by atoms with Gasteiger partial charge in [0.25, 0.3) is 0 Å². The van der Waals surface area contributed by atoms with Gasteiger partial charge in [-0.15, -0.1) is 11.3 Å². The van der Waals surface area contributed by atoms with Gasteiger partial charge in [-0.25, -0.2) is 9.78 Å². The van der Waals surface area contributed by atoms with Crippen molar-refractivity contribution in [3.8, 4) is 22.9 Å². The van der Waals surface area contributed by atoms with Crippen LogP contribution in [0.5, 0.6) is 11.5 Å². The standard InChI is InChI=1S/C29H32F8N4O4S/c1-2-21(43-18-7-8-19(22(13-18)44-26(30)31)24-39-27(42)45-40-24)23-20(14-41-11-9-17(10-12-41)29(35,36)37)38-25(46-23)15-3-5-16(6-4-15)28(32,33)34/h7-8,13,15-17,21,26H,2-6,9-12,14H2,1H3,(H,39,40,42). The van der Waals surface area contributed by atoms with Gasteiger partial charge in [0.2, 0.25) is 0 Å². The van der Waals surface area contributed by atoms with Gasteiger partial charge in [0.05, 0.1) is 33.0 Å². The van der Waals surface area contributed by atoms with Crippen LogP contribution in [0.15, 0.2) is 27.5 Å². The number of rotatable bonds is 10. The van der Waals surface area contributed by atoms with E-state index in [2.05, 4.69) is 19.4 Å². The number of ether oxygens (including phenoxy) is 2. The average molecular weight is 685 g/mol. The minimum atomic E-state index is -4.27. The highest BCUT2D eigenvalue weighted by atomic mass is 32.1. The monoisotopic (exact) mass is 684 g/mol. The number of thiazole rings is 1. The quantitative estimate of drug-likeness (QED) is 0.215. The summed E-state index contributed by atoms with van der Waals surface area (Å²) in [5, 5.41) is 4.16. The van der Waals surface area contributed by atoms with Crippen LogP contribution in [-0.4, -0.2) is 52.1 Å². The topological polar surface area (TPSA) is 93.5 Å². The molecule has 1 aromatic carbocycles. The van der Waals surface area contributed by atoms with Gasteiger partial charge < -0.3 is 9.47 Å². The maximum absolute atomic E-state index is 13.3. The molecule has 8 nitrogen and oxygen atoms in total. The van der Waals surface area contributed by atoms with Gasteiger partial charge in [0.1, 0.15) is 17.6 Å². The first-order valence-electron chi connectivity index (χ1n) is 14.9. The molecule has 17 heteroatoms. The number of aromatic nitrogens is 3. The Morgan fingerprint density at radius 1 is 1.00 bits per heavy atom. The molecule has 2 aliphatic rings. The number of likely N-dealkylation sites (tertiary alicyclic amines) is 1. The molecule has 0 bridgehead atoms. The summed E-state index contributed by atoms with van der Waals surface area (Å²) in [5.41, 5.74) is 0.583. The number of halogens is 8. The molecule has 5 rings (SSSR count). The van der Waals surface area contributed by atoms with Crippen LogP contribution in [0, 0.1) is 11.8 Å². The molecule has 0 radical (unpaired) electrons. The third kappa shape index (κ3) is 8.19. The molecule has 2 aromatic heterocycles. The summed E-state index contributed by atoms with van der Waals surface area (Å²) in [6.45, 7) is -0.761. The molecule has 2 fully saturated rings. The second-order valence-corrected chi connectivity index (χ2v) is 12.6. The molecule has 1 aliphatic heterocycles. The number of nitrogens with zero attached hydrogens (tertiary/aromatic N) is 3. The minimum absolute atomic E-state index is 0.0176. The lowest BCUT2D eigenvalue weighted by Gasteiger charge is -2.32. The fraction of sp³-hybridized carbons (Fsp3) is 0.621. The summed E-state index contributed by atoms with van der Waals surface area (Å²) in [6.07, 6.45) is -8.38. The number of H-pyrrole nitrogens is 1. The minimum Gasteiger partial charge on any atom is -0.485 e. The number of hydrogen-bond acceptors (Lipinski definition) is 8. The number of nitrogens with one attached hydrogen (secondary N) is 1. The van der Waals surface area contributed by atoms with Gasteiger partial charge in [-0.2, -0.15) is 35.1 Å². The van der Waals surface area contributed by atoms with E-state index in [1.807, 2.05) is 11.8 Å². The van der Waals surface area contributed by atoms with Gasteiger partial charge in [-0.3, -0.25) is 14.4 Å². The van der Waals surface area contributed by atoms with Crippen molar-refractivity contribution in [3.63, 3.8) is 0 Å². The van der Waals surface area contributed by atoms with Crippen molar-refractivity contribution in [1.82, 2.24) is 20.0 Å². The molecule has 1 atom stereocenters. The summed E-state index contributed by atoms with van der Waals surface area (Å²) < 4.78 is 122. The molecular formula is C29H32F8N4O4S. The molecule has 0 spiro atoms. The van der Waals surface area contributed by atoms with Crippen molar-refractivity contribution in [3.05, 3.63) is 44.3 Å². The largest absolute Gasteiger partial charge is 0.485 e. The van der Waals surface area contributed by atoms with Crippen LogP contribution < -0.4 is 15.2 Å². The molecular weight excluding hydrogens is 652 g/mol. The lowest BCUT2D eigenvalue weighted by Crippen LogP contribution is -2.38. The highest BCUT2D eigenvalue weighted by Gasteiger charge is 2.43. The van der Waals surface area contributed by atoms with Crippen LogP contribution in [0.1, 0.15) is 79.5 Å². The Hall–Kier alpha value is -3.21. The normalized spacial score (nSPS) is 21.1. The van der Waals surface area contributed by atoms with Crippen molar-refractivity contribution in [2.24, 2.45) is 11.8 Å². The molecule has 3 heterocycles. The maximum atomic E-state index is 13.3. The van der Waals surface area contributed by atoms with Crippen molar-refractivity contribution in [2.75, 3.05) is 13.1 Å². The van der Waals surface area contributed by atoms with E-state index in [0.717, 1.165) is 0 Å². The Morgan fingerprint density at radius 2 is 1.65 bits per heavy atom. The van der Waals surface area contributed by atoms with Crippen LogP contribution in [0.2, 0.25) is 0 Å². The second kappa shape index (κ2) is 13.9. The van der Waals surface area contributed by atoms with Crippen molar-refractivity contribution in [2.45, 2.75) is 89.4 Å². The molecule has 1 unspecified atom stereocenters. The second-order valence-electron chi connectivity index (χ2n) is 11.5. The zero-order valence-corrected chi connectivity index (χ0v) is 25.4. The molecule has 1 saturated carbocycles. The number of benzene rings is 1. The zero-order valence-electron chi connectivity index (χ0n) is 24.6.